The van der Waals surface area contributed by atoms with Gasteiger partial charge in [-0.1, -0.05) is 73.4 Å². The average Bonchev–Trinajstić information content (AvgIpc) is 3.48. The van der Waals surface area contributed by atoms with Gasteiger partial charge in [0.25, 0.3) is 0 Å². The molecule has 218 valence electrons. The molecule has 0 spiro atoms. The molecule has 0 fully saturated rings. The molecular weight excluding hydrogens is 631 g/mol. The van der Waals surface area contributed by atoms with E-state index in [1.54, 1.807) is 0 Å². The quantitative estimate of drug-likeness (QED) is 0.224. The first-order valence-electron chi connectivity index (χ1n) is 14.3. The second-order valence-corrected chi connectivity index (χ2v) is 14.2. The van der Waals surface area contributed by atoms with E-state index in [4.69, 9.17) is 0 Å². The summed E-state index contributed by atoms with van der Waals surface area (Å²) in [5.74, 6) is 0.522. The third-order valence-electron chi connectivity index (χ3n) is 7.91. The molecule has 0 nitrogen and oxygen atoms in total. The van der Waals surface area contributed by atoms with Crippen LogP contribution >= 0.6 is 0 Å². The van der Waals surface area contributed by atoms with Crippen LogP contribution in [-0.4, -0.2) is 3.21 Å². The minimum Gasteiger partial charge on any atom is -1.00 e. The van der Waals surface area contributed by atoms with Crippen LogP contribution in [0, 0.1) is 45.1 Å². The molecule has 0 aliphatic heterocycles. The van der Waals surface area contributed by atoms with Gasteiger partial charge in [-0.15, -0.1) is 39.7 Å². The third kappa shape index (κ3) is 8.69. The van der Waals surface area contributed by atoms with E-state index < -0.39 is 0 Å². The van der Waals surface area contributed by atoms with E-state index in [0.29, 0.717) is 11.3 Å². The van der Waals surface area contributed by atoms with Crippen LogP contribution in [0.5, 0.6) is 0 Å². The largest absolute Gasteiger partial charge is 1.00 e. The van der Waals surface area contributed by atoms with Gasteiger partial charge in [-0.2, -0.15) is 11.6 Å². The van der Waals surface area contributed by atoms with Gasteiger partial charge in [0.2, 0.25) is 0 Å². The summed E-state index contributed by atoms with van der Waals surface area (Å²) < 4.78 is 1.46. The van der Waals surface area contributed by atoms with Gasteiger partial charge in [-0.05, 0) is 27.7 Å². The smallest absolute Gasteiger partial charge is 0.0408 e. The van der Waals surface area contributed by atoms with E-state index in [1.807, 2.05) is 0 Å². The van der Waals surface area contributed by atoms with Gasteiger partial charge in [0.1, 0.15) is 0 Å². The number of benzene rings is 4. The van der Waals surface area contributed by atoms with Gasteiger partial charge in [0.15, 0.2) is 0 Å². The fraction of sp³-hybridized carbons (Fsp3) is 0.282. The Hall–Kier alpha value is -2.18. The van der Waals surface area contributed by atoms with E-state index in [9.17, 15) is 0 Å². The molecule has 1 atom stereocenters. The van der Waals surface area contributed by atoms with Crippen LogP contribution < -0.4 is 24.8 Å². The molecule has 0 amide bonds. The number of halogens is 2. The maximum Gasteiger partial charge on any atom is -0.0408 e. The Morgan fingerprint density at radius 3 is 1.67 bits per heavy atom. The number of rotatable bonds is 1. The van der Waals surface area contributed by atoms with Crippen molar-refractivity contribution in [3.63, 3.8) is 0 Å². The molecule has 0 heterocycles. The van der Waals surface area contributed by atoms with Gasteiger partial charge >= 0.3 is 93.2 Å². The molecule has 0 aromatic heterocycles. The molecule has 1 aliphatic carbocycles. The van der Waals surface area contributed by atoms with E-state index in [0.717, 1.165) is 0 Å². The average molecular weight is 673 g/mol. The molecule has 0 saturated carbocycles. The number of hydrogen-bond acceptors (Lipinski definition) is 0. The monoisotopic (exact) mass is 670 g/mol. The van der Waals surface area contributed by atoms with Crippen LogP contribution in [0.25, 0.3) is 32.3 Å². The summed E-state index contributed by atoms with van der Waals surface area (Å²) in [6.45, 7) is 19.8. The van der Waals surface area contributed by atoms with E-state index >= 15 is 0 Å². The Bertz CT molecular complexity index is 1700. The molecule has 1 unspecified atom stereocenters. The molecule has 0 saturated heterocycles. The molecule has 0 bridgehead atoms. The Kier molecular flexibility index (Phi) is 12.9. The summed E-state index contributed by atoms with van der Waals surface area (Å²) in [7, 11) is 0. The van der Waals surface area contributed by atoms with Crippen molar-refractivity contribution >= 4 is 35.5 Å². The predicted molar refractivity (Wildman–Crippen MR) is 174 cm³/mol. The van der Waals surface area contributed by atoms with Crippen molar-refractivity contribution in [2.75, 3.05) is 0 Å². The van der Waals surface area contributed by atoms with E-state index in [-0.39, 0.29) is 24.8 Å². The zero-order valence-electron chi connectivity index (χ0n) is 26.4. The summed E-state index contributed by atoms with van der Waals surface area (Å²) in [5.41, 5.74) is 8.60. The SMILES string of the molecule is CC1[C-]=CC(C(C)(C)C)=C1.C[C](=[Zr+2])c1ccc2ccccc2c1.Cc1cc2[cH-]c3cc(C)c(C)cc3c2cc1C.[Cl-].[Cl-]. The van der Waals surface area contributed by atoms with E-state index in [2.05, 4.69) is 153 Å². The number of hydrogen-bond donors (Lipinski definition) is 0. The van der Waals surface area contributed by atoms with Crippen molar-refractivity contribution in [1.29, 1.82) is 0 Å². The molecule has 1 aliphatic rings. The Morgan fingerprint density at radius 1 is 0.738 bits per heavy atom. The van der Waals surface area contributed by atoms with Crippen molar-refractivity contribution in [1.82, 2.24) is 0 Å². The normalized spacial score (nSPS) is 13.9. The van der Waals surface area contributed by atoms with Crippen molar-refractivity contribution < 1.29 is 49.0 Å². The maximum absolute atomic E-state index is 3.26. The molecule has 0 radical (unpaired) electrons. The molecule has 3 heteroatoms. The molecule has 0 N–H and O–H groups in total. The van der Waals surface area contributed by atoms with Crippen LogP contribution in [0.4, 0.5) is 0 Å². The molecule has 42 heavy (non-hydrogen) atoms. The summed E-state index contributed by atoms with van der Waals surface area (Å²) in [5, 5.41) is 8.18. The second-order valence-electron chi connectivity index (χ2n) is 12.4. The summed E-state index contributed by atoms with van der Waals surface area (Å²) in [6, 6.07) is 26.7. The van der Waals surface area contributed by atoms with Crippen molar-refractivity contribution in [3.8, 4) is 0 Å². The van der Waals surface area contributed by atoms with Crippen LogP contribution in [0.15, 0.2) is 90.5 Å². The van der Waals surface area contributed by atoms with Gasteiger partial charge in [0, 0.05) is 0 Å². The topological polar surface area (TPSA) is 0 Å². The van der Waals surface area contributed by atoms with Crippen LogP contribution in [-0.2, 0) is 24.2 Å². The fourth-order valence-electron chi connectivity index (χ4n) is 5.03. The van der Waals surface area contributed by atoms with Crippen molar-refractivity contribution in [2.45, 2.75) is 62.3 Å². The Labute approximate surface area is 280 Å². The summed E-state index contributed by atoms with van der Waals surface area (Å²) >= 11 is 1.50. The van der Waals surface area contributed by atoms with Crippen LogP contribution in [0.2, 0.25) is 0 Å². The number of allylic oxidation sites excluding steroid dienone is 4. The Morgan fingerprint density at radius 2 is 1.24 bits per heavy atom. The fourth-order valence-corrected chi connectivity index (χ4v) is 5.41. The predicted octanol–water partition coefficient (Wildman–Crippen LogP) is 4.85. The molecular formula is C39H42Cl2Zr-2. The zero-order valence-corrected chi connectivity index (χ0v) is 30.4. The summed E-state index contributed by atoms with van der Waals surface area (Å²) in [6.07, 6.45) is 7.65. The first-order chi connectivity index (χ1) is 18.8. The van der Waals surface area contributed by atoms with Gasteiger partial charge in [0.05, 0.1) is 0 Å². The van der Waals surface area contributed by atoms with Gasteiger partial charge < -0.3 is 24.8 Å². The standard InChI is InChI=1S/C17H17.C12H10.C10H15.2ClH.Zr/c1-10-5-14-9-15-6-11(2)13(4)8-17(15)16(14)7-12(10)3;1-2-10-7-8-11-5-3-4-6-12(11)9-10;1-8-5-6-9(7-8)10(2,3)4;;;/h5-9H,1-4H3;3-9H,1H3;6-8H,1-4H3;2*1H;/q-1;;-1;;;+2/p-2. The minimum absolute atomic E-state index is 0. The second kappa shape index (κ2) is 15.0. The van der Waals surface area contributed by atoms with E-state index in [1.165, 1.54) is 93.1 Å². The van der Waals surface area contributed by atoms with Gasteiger partial charge in [-0.25, -0.2) is 6.08 Å². The summed E-state index contributed by atoms with van der Waals surface area (Å²) in [4.78, 5) is 0. The maximum atomic E-state index is 3.26. The molecule has 6 rings (SSSR count). The van der Waals surface area contributed by atoms with Crippen molar-refractivity contribution in [3.05, 3.63) is 124 Å². The zero-order chi connectivity index (χ0) is 29.2. The minimum atomic E-state index is 0. The third-order valence-corrected chi connectivity index (χ3v) is 8.62. The van der Waals surface area contributed by atoms with Gasteiger partial charge in [-0.3, -0.25) is 6.08 Å². The molecule has 5 aromatic carbocycles. The number of fused-ring (bicyclic) bond motifs is 4. The van der Waals surface area contributed by atoms with Crippen LogP contribution in [0.1, 0.15) is 62.4 Å². The Balaban J connectivity index is 0.000000223. The van der Waals surface area contributed by atoms with Crippen LogP contribution in [0.3, 0.4) is 0 Å². The first-order valence-corrected chi connectivity index (χ1v) is 15.5. The number of aryl methyl sites for hydroxylation is 4. The molecule has 5 aromatic rings. The van der Waals surface area contributed by atoms with Crippen molar-refractivity contribution in [2.24, 2.45) is 11.3 Å². The first kappa shape index (κ1) is 36.0.